The van der Waals surface area contributed by atoms with Crippen molar-refractivity contribution < 1.29 is 4.79 Å². The number of hydrogen-bond acceptors (Lipinski definition) is 4. The fourth-order valence-electron chi connectivity index (χ4n) is 2.59. The van der Waals surface area contributed by atoms with Gasteiger partial charge in [0, 0.05) is 5.56 Å². The molecule has 1 atom stereocenters. The summed E-state index contributed by atoms with van der Waals surface area (Å²) in [5.74, 6) is 0.212. The molecule has 0 aliphatic rings. The van der Waals surface area contributed by atoms with Crippen LogP contribution in [0.4, 0.5) is 0 Å². The number of halogens is 1. The molecule has 0 aliphatic carbocycles. The van der Waals surface area contributed by atoms with Gasteiger partial charge in [-0.05, 0) is 54.8 Å². The molecule has 1 aromatic heterocycles. The molecule has 26 heavy (non-hydrogen) atoms. The number of aromatic nitrogens is 4. The van der Waals surface area contributed by atoms with Gasteiger partial charge >= 0.3 is 0 Å². The molecule has 0 spiro atoms. The molecule has 1 heterocycles. The molecule has 6 nitrogen and oxygen atoms in total. The average molecular weight is 370 g/mol. The summed E-state index contributed by atoms with van der Waals surface area (Å²) in [6.45, 7) is 6.07. The summed E-state index contributed by atoms with van der Waals surface area (Å²) in [5, 5.41) is 15.6. The van der Waals surface area contributed by atoms with Crippen molar-refractivity contribution in [1.82, 2.24) is 25.5 Å². The quantitative estimate of drug-likeness (QED) is 0.747. The minimum absolute atomic E-state index is 0.00731. The Morgan fingerprint density at radius 1 is 1.19 bits per heavy atom. The van der Waals surface area contributed by atoms with Crippen molar-refractivity contribution >= 4 is 17.5 Å². The zero-order chi connectivity index (χ0) is 18.7. The summed E-state index contributed by atoms with van der Waals surface area (Å²) in [4.78, 5) is 13.6. The van der Waals surface area contributed by atoms with Gasteiger partial charge in [0.25, 0.3) is 0 Å². The van der Waals surface area contributed by atoms with Gasteiger partial charge in [-0.25, -0.2) is 0 Å². The predicted molar refractivity (Wildman–Crippen MR) is 101 cm³/mol. The minimum Gasteiger partial charge on any atom is -0.348 e. The number of carbonyl (C=O) groups is 1. The van der Waals surface area contributed by atoms with Gasteiger partial charge in [-0.2, -0.15) is 4.80 Å². The van der Waals surface area contributed by atoms with E-state index >= 15 is 0 Å². The number of amides is 1. The van der Waals surface area contributed by atoms with Crippen molar-refractivity contribution in [3.63, 3.8) is 0 Å². The van der Waals surface area contributed by atoms with Crippen molar-refractivity contribution in [3.05, 3.63) is 64.2 Å². The van der Waals surface area contributed by atoms with Gasteiger partial charge in [-0.1, -0.05) is 41.9 Å². The maximum Gasteiger partial charge on any atom is 0.244 e. The minimum atomic E-state index is -0.182. The monoisotopic (exact) mass is 369 g/mol. The number of nitrogens with zero attached hydrogens (tertiary/aromatic N) is 4. The van der Waals surface area contributed by atoms with Crippen molar-refractivity contribution in [2.75, 3.05) is 0 Å². The first-order valence-electron chi connectivity index (χ1n) is 8.33. The van der Waals surface area contributed by atoms with E-state index in [1.165, 1.54) is 15.9 Å². The van der Waals surface area contributed by atoms with E-state index < -0.39 is 0 Å². The van der Waals surface area contributed by atoms with Gasteiger partial charge in [0.05, 0.1) is 11.1 Å². The summed E-state index contributed by atoms with van der Waals surface area (Å²) in [6.07, 6.45) is 0. The van der Waals surface area contributed by atoms with Crippen molar-refractivity contribution in [3.8, 4) is 11.4 Å². The maximum absolute atomic E-state index is 12.3. The van der Waals surface area contributed by atoms with Gasteiger partial charge < -0.3 is 5.32 Å². The van der Waals surface area contributed by atoms with Gasteiger partial charge in [-0.15, -0.1) is 10.2 Å². The highest BCUT2D eigenvalue weighted by Crippen LogP contribution is 2.23. The van der Waals surface area contributed by atoms with Crippen molar-refractivity contribution in [2.24, 2.45) is 0 Å². The number of benzene rings is 2. The smallest absolute Gasteiger partial charge is 0.244 e. The third-order valence-corrected chi connectivity index (χ3v) is 4.59. The Hall–Kier alpha value is -2.73. The Bertz CT molecular complexity index is 937. The van der Waals surface area contributed by atoms with E-state index in [0.717, 1.165) is 5.56 Å². The number of nitrogens with one attached hydrogen (secondary N) is 1. The number of tetrazole rings is 1. The Labute approximate surface area is 157 Å². The van der Waals surface area contributed by atoms with Gasteiger partial charge in [0.2, 0.25) is 11.7 Å². The zero-order valence-corrected chi connectivity index (χ0v) is 15.7. The molecule has 2 aromatic carbocycles. The van der Waals surface area contributed by atoms with E-state index in [2.05, 4.69) is 46.7 Å². The summed E-state index contributed by atoms with van der Waals surface area (Å²) < 4.78 is 0. The lowest BCUT2D eigenvalue weighted by molar-refractivity contribution is -0.122. The highest BCUT2D eigenvalue weighted by atomic mass is 35.5. The fraction of sp³-hybridized carbons (Fsp3) is 0.263. The first-order valence-corrected chi connectivity index (χ1v) is 8.71. The summed E-state index contributed by atoms with van der Waals surface area (Å²) >= 11 is 6.14. The molecule has 0 radical (unpaired) electrons. The Kier molecular flexibility index (Phi) is 5.32. The van der Waals surface area contributed by atoms with Crippen LogP contribution in [0.1, 0.15) is 29.7 Å². The zero-order valence-electron chi connectivity index (χ0n) is 14.9. The lowest BCUT2D eigenvalue weighted by Gasteiger charge is -2.15. The highest BCUT2D eigenvalue weighted by Gasteiger charge is 2.14. The number of aryl methyl sites for hydroxylation is 2. The third kappa shape index (κ3) is 4.08. The average Bonchev–Trinajstić information content (AvgIpc) is 3.05. The molecule has 1 N–H and O–H groups in total. The topological polar surface area (TPSA) is 72.7 Å². The van der Waals surface area contributed by atoms with Gasteiger partial charge in [0.1, 0.15) is 6.54 Å². The van der Waals surface area contributed by atoms with E-state index in [0.29, 0.717) is 16.4 Å². The Morgan fingerprint density at radius 2 is 1.96 bits per heavy atom. The Balaban J connectivity index is 1.65. The molecule has 3 rings (SSSR count). The molecular formula is C19H20ClN5O. The highest BCUT2D eigenvalue weighted by molar-refractivity contribution is 6.33. The van der Waals surface area contributed by atoms with E-state index in [1.807, 2.05) is 31.2 Å². The van der Waals surface area contributed by atoms with Crippen LogP contribution in [-0.4, -0.2) is 26.1 Å². The van der Waals surface area contributed by atoms with Crippen molar-refractivity contribution in [2.45, 2.75) is 33.4 Å². The second-order valence-corrected chi connectivity index (χ2v) is 6.66. The predicted octanol–water partition coefficient (Wildman–Crippen LogP) is 3.49. The molecule has 0 unspecified atom stereocenters. The van der Waals surface area contributed by atoms with Crippen LogP contribution in [0, 0.1) is 13.8 Å². The number of hydrogen-bond donors (Lipinski definition) is 1. The fourth-order valence-corrected chi connectivity index (χ4v) is 2.81. The molecule has 0 fully saturated rings. The molecule has 0 aliphatic heterocycles. The SMILES string of the molecule is Cc1ccc([C@@H](C)NC(=O)Cn2nnc(-c3ccccc3Cl)n2)cc1C. The van der Waals surface area contributed by atoms with Crippen LogP contribution in [0.2, 0.25) is 5.02 Å². The largest absolute Gasteiger partial charge is 0.348 e. The van der Waals surface area contributed by atoms with Crippen LogP contribution in [0.5, 0.6) is 0 Å². The van der Waals surface area contributed by atoms with E-state index in [4.69, 9.17) is 11.6 Å². The van der Waals surface area contributed by atoms with Crippen LogP contribution in [0.15, 0.2) is 42.5 Å². The Morgan fingerprint density at radius 3 is 2.69 bits per heavy atom. The van der Waals surface area contributed by atoms with Crippen LogP contribution in [0.25, 0.3) is 11.4 Å². The van der Waals surface area contributed by atoms with Crippen LogP contribution >= 0.6 is 11.6 Å². The van der Waals surface area contributed by atoms with Crippen molar-refractivity contribution in [1.29, 1.82) is 0 Å². The van der Waals surface area contributed by atoms with Gasteiger partial charge in [-0.3, -0.25) is 4.79 Å². The summed E-state index contributed by atoms with van der Waals surface area (Å²) in [7, 11) is 0. The number of carbonyl (C=O) groups excluding carboxylic acids is 1. The molecule has 1 amide bonds. The normalized spacial score (nSPS) is 12.0. The molecule has 7 heteroatoms. The van der Waals surface area contributed by atoms with E-state index in [1.54, 1.807) is 6.07 Å². The van der Waals surface area contributed by atoms with Crippen LogP contribution < -0.4 is 5.32 Å². The molecule has 3 aromatic rings. The molecule has 0 bridgehead atoms. The lowest BCUT2D eigenvalue weighted by Crippen LogP contribution is -2.30. The molecular weight excluding hydrogens is 350 g/mol. The first-order chi connectivity index (χ1) is 12.4. The van der Waals surface area contributed by atoms with Crippen LogP contribution in [0.3, 0.4) is 0 Å². The second kappa shape index (κ2) is 7.66. The summed E-state index contributed by atoms with van der Waals surface area (Å²) in [6, 6.07) is 13.3. The van der Waals surface area contributed by atoms with Gasteiger partial charge in [0.15, 0.2) is 0 Å². The standard InChI is InChI=1S/C19H20ClN5O/c1-12-8-9-15(10-13(12)2)14(3)21-18(26)11-25-23-19(22-24-25)16-6-4-5-7-17(16)20/h4-10,14H,11H2,1-3H3,(H,21,26)/t14-/m1/s1. The van der Waals surface area contributed by atoms with E-state index in [9.17, 15) is 4.79 Å². The van der Waals surface area contributed by atoms with E-state index in [-0.39, 0.29) is 18.5 Å². The molecule has 0 saturated heterocycles. The third-order valence-electron chi connectivity index (χ3n) is 4.26. The first kappa shape index (κ1) is 18.1. The number of rotatable bonds is 5. The second-order valence-electron chi connectivity index (χ2n) is 6.26. The molecule has 134 valence electrons. The summed E-state index contributed by atoms with van der Waals surface area (Å²) in [5.41, 5.74) is 4.17. The maximum atomic E-state index is 12.3. The molecule has 0 saturated carbocycles. The van der Waals surface area contributed by atoms with Crippen LogP contribution in [-0.2, 0) is 11.3 Å². The lowest BCUT2D eigenvalue weighted by atomic mass is 10.0.